The Morgan fingerprint density at radius 1 is 1.27 bits per heavy atom. The van der Waals surface area contributed by atoms with Crippen LogP contribution in [0.3, 0.4) is 0 Å². The lowest BCUT2D eigenvalue weighted by molar-refractivity contribution is 0.181. The van der Waals surface area contributed by atoms with Crippen molar-refractivity contribution in [3.8, 4) is 10.4 Å². The Balaban J connectivity index is 1.51. The molecule has 5 rings (SSSR count). The molecular formula is C22H21N5O2S. The van der Waals surface area contributed by atoms with Gasteiger partial charge in [0.05, 0.1) is 12.3 Å². The van der Waals surface area contributed by atoms with Crippen molar-refractivity contribution in [1.82, 2.24) is 19.6 Å². The molecular weight excluding hydrogens is 398 g/mol. The Bertz CT molecular complexity index is 1280. The molecule has 30 heavy (non-hydrogen) atoms. The first-order valence-electron chi connectivity index (χ1n) is 9.78. The quantitative estimate of drug-likeness (QED) is 0.506. The zero-order chi connectivity index (χ0) is 20.7. The van der Waals surface area contributed by atoms with E-state index in [2.05, 4.69) is 38.6 Å². The number of aromatic nitrogens is 4. The molecule has 5 heterocycles. The zero-order valence-electron chi connectivity index (χ0n) is 16.8. The van der Waals surface area contributed by atoms with Gasteiger partial charge in [-0.05, 0) is 41.6 Å². The van der Waals surface area contributed by atoms with Crippen LogP contribution in [0.15, 0.2) is 46.7 Å². The molecule has 0 saturated carbocycles. The number of hydrogen-bond donors (Lipinski definition) is 0. The van der Waals surface area contributed by atoms with Crippen LogP contribution in [0.2, 0.25) is 0 Å². The van der Waals surface area contributed by atoms with Gasteiger partial charge in [0.1, 0.15) is 0 Å². The minimum Gasteiger partial charge on any atom is -0.378 e. The van der Waals surface area contributed by atoms with Crippen LogP contribution in [0.4, 0.5) is 5.82 Å². The zero-order valence-corrected chi connectivity index (χ0v) is 17.6. The number of pyridine rings is 1. The Morgan fingerprint density at radius 2 is 2.17 bits per heavy atom. The molecule has 0 bridgehead atoms. The second kappa shape index (κ2) is 7.62. The first-order valence-corrected chi connectivity index (χ1v) is 10.7. The highest BCUT2D eigenvalue weighted by Crippen LogP contribution is 2.29. The standard InChI is InChI=1S/C22H21N5O2S/c1-14-8-20-24-17(13-29-2)10-21(28)27(20)25-22(14)26-6-5-18-16(12-26)9-15(11-23-18)19-4-3-7-30-19/h3-4,7-11H,5-6,12-13H2,1-2H3. The Hall–Kier alpha value is -3.10. The van der Waals surface area contributed by atoms with Crippen LogP contribution in [-0.4, -0.2) is 33.2 Å². The lowest BCUT2D eigenvalue weighted by Gasteiger charge is -2.30. The smallest absolute Gasteiger partial charge is 0.274 e. The highest BCUT2D eigenvalue weighted by Gasteiger charge is 2.22. The van der Waals surface area contributed by atoms with Crippen LogP contribution >= 0.6 is 11.3 Å². The summed E-state index contributed by atoms with van der Waals surface area (Å²) in [5.74, 6) is 0.804. The van der Waals surface area contributed by atoms with Gasteiger partial charge in [-0.2, -0.15) is 4.52 Å². The molecule has 8 heteroatoms. The fourth-order valence-corrected chi connectivity index (χ4v) is 4.60. The van der Waals surface area contributed by atoms with Gasteiger partial charge in [-0.3, -0.25) is 9.78 Å². The maximum atomic E-state index is 12.6. The van der Waals surface area contributed by atoms with Crippen LogP contribution < -0.4 is 10.5 Å². The lowest BCUT2D eigenvalue weighted by atomic mass is 10.0. The average Bonchev–Trinajstić information content (AvgIpc) is 3.28. The van der Waals surface area contributed by atoms with E-state index in [0.29, 0.717) is 24.5 Å². The van der Waals surface area contributed by atoms with Gasteiger partial charge >= 0.3 is 0 Å². The fourth-order valence-electron chi connectivity index (χ4n) is 3.89. The summed E-state index contributed by atoms with van der Waals surface area (Å²) >= 11 is 1.71. The highest BCUT2D eigenvalue weighted by atomic mass is 32.1. The molecule has 4 aromatic rings. The van der Waals surface area contributed by atoms with Crippen molar-refractivity contribution < 1.29 is 4.74 Å². The van der Waals surface area contributed by atoms with E-state index in [-0.39, 0.29) is 5.56 Å². The number of ether oxygens (including phenoxy) is 1. The molecule has 0 aromatic carbocycles. The molecule has 0 N–H and O–H groups in total. The number of thiophene rings is 1. The van der Waals surface area contributed by atoms with Crippen LogP contribution in [0.25, 0.3) is 16.1 Å². The van der Waals surface area contributed by atoms with E-state index in [1.165, 1.54) is 21.0 Å². The molecule has 0 saturated heterocycles. The molecule has 7 nitrogen and oxygen atoms in total. The summed E-state index contributed by atoms with van der Waals surface area (Å²) in [6, 6.07) is 9.78. The van der Waals surface area contributed by atoms with Crippen molar-refractivity contribution in [1.29, 1.82) is 0 Å². The first-order chi connectivity index (χ1) is 14.6. The SMILES string of the molecule is COCc1cc(=O)n2nc(N3CCc4ncc(-c5cccs5)cc4C3)c(C)cc2n1. The van der Waals surface area contributed by atoms with Gasteiger partial charge in [-0.1, -0.05) is 6.07 Å². The number of aryl methyl sites for hydroxylation is 1. The molecule has 0 unspecified atom stereocenters. The van der Waals surface area contributed by atoms with Gasteiger partial charge in [0.2, 0.25) is 0 Å². The van der Waals surface area contributed by atoms with Gasteiger partial charge in [0.15, 0.2) is 11.5 Å². The summed E-state index contributed by atoms with van der Waals surface area (Å²) < 4.78 is 6.48. The van der Waals surface area contributed by atoms with Crippen LogP contribution in [0.5, 0.6) is 0 Å². The summed E-state index contributed by atoms with van der Waals surface area (Å²) in [4.78, 5) is 25.2. The highest BCUT2D eigenvalue weighted by molar-refractivity contribution is 7.13. The largest absolute Gasteiger partial charge is 0.378 e. The van der Waals surface area contributed by atoms with E-state index in [1.54, 1.807) is 18.4 Å². The molecule has 0 fully saturated rings. The summed E-state index contributed by atoms with van der Waals surface area (Å²) in [5.41, 5.74) is 5.40. The molecule has 0 atom stereocenters. The molecule has 0 spiro atoms. The Labute approximate surface area is 177 Å². The molecule has 0 amide bonds. The molecule has 152 valence electrons. The molecule has 0 radical (unpaired) electrons. The Kier molecular flexibility index (Phi) is 4.80. The number of rotatable bonds is 4. The van der Waals surface area contributed by atoms with Gasteiger partial charge < -0.3 is 9.64 Å². The monoisotopic (exact) mass is 419 g/mol. The van der Waals surface area contributed by atoms with Crippen molar-refractivity contribution in [3.63, 3.8) is 0 Å². The minimum atomic E-state index is -0.202. The third-order valence-electron chi connectivity index (χ3n) is 5.30. The molecule has 4 aromatic heterocycles. The number of nitrogens with zero attached hydrogens (tertiary/aromatic N) is 5. The van der Waals surface area contributed by atoms with Crippen molar-refractivity contribution in [2.75, 3.05) is 18.6 Å². The second-order valence-corrected chi connectivity index (χ2v) is 8.37. The van der Waals surface area contributed by atoms with E-state index in [4.69, 9.17) is 9.72 Å². The topological polar surface area (TPSA) is 72.6 Å². The van der Waals surface area contributed by atoms with E-state index in [0.717, 1.165) is 35.6 Å². The normalized spacial score (nSPS) is 13.6. The van der Waals surface area contributed by atoms with Crippen LogP contribution in [0.1, 0.15) is 22.5 Å². The van der Waals surface area contributed by atoms with E-state index in [9.17, 15) is 4.79 Å². The van der Waals surface area contributed by atoms with Crippen LogP contribution in [0, 0.1) is 6.92 Å². The predicted molar refractivity (Wildman–Crippen MR) is 117 cm³/mol. The number of fused-ring (bicyclic) bond motifs is 2. The van der Waals surface area contributed by atoms with Crippen molar-refractivity contribution in [2.45, 2.75) is 26.5 Å². The van der Waals surface area contributed by atoms with Gasteiger partial charge in [0.25, 0.3) is 5.56 Å². The predicted octanol–water partition coefficient (Wildman–Crippen LogP) is 3.23. The molecule has 1 aliphatic rings. The molecule has 1 aliphatic heterocycles. The average molecular weight is 420 g/mol. The minimum absolute atomic E-state index is 0.202. The first kappa shape index (κ1) is 18.9. The third-order valence-corrected chi connectivity index (χ3v) is 6.22. The van der Waals surface area contributed by atoms with Crippen molar-refractivity contribution in [3.05, 3.63) is 74.8 Å². The third kappa shape index (κ3) is 3.38. The number of hydrogen-bond acceptors (Lipinski definition) is 7. The van der Waals surface area contributed by atoms with Gasteiger partial charge in [-0.25, -0.2) is 4.98 Å². The van der Waals surface area contributed by atoms with E-state index >= 15 is 0 Å². The van der Waals surface area contributed by atoms with Crippen LogP contribution in [-0.2, 0) is 24.3 Å². The summed E-state index contributed by atoms with van der Waals surface area (Å²) in [5, 5.41) is 6.73. The van der Waals surface area contributed by atoms with Gasteiger partial charge in [0, 0.05) is 55.0 Å². The maximum absolute atomic E-state index is 12.6. The van der Waals surface area contributed by atoms with Crippen molar-refractivity contribution in [2.24, 2.45) is 0 Å². The van der Waals surface area contributed by atoms with Gasteiger partial charge in [-0.15, -0.1) is 16.4 Å². The maximum Gasteiger partial charge on any atom is 0.274 e. The lowest BCUT2D eigenvalue weighted by Crippen LogP contribution is -2.33. The summed E-state index contributed by atoms with van der Waals surface area (Å²) in [6.07, 6.45) is 2.81. The molecule has 0 aliphatic carbocycles. The number of anilines is 1. The summed E-state index contributed by atoms with van der Waals surface area (Å²) in [7, 11) is 1.59. The summed E-state index contributed by atoms with van der Waals surface area (Å²) in [6.45, 7) is 3.83. The number of methoxy groups -OCH3 is 1. The van der Waals surface area contributed by atoms with E-state index < -0.39 is 0 Å². The Morgan fingerprint density at radius 3 is 2.97 bits per heavy atom. The second-order valence-electron chi connectivity index (χ2n) is 7.42. The fraction of sp³-hybridized carbons (Fsp3) is 0.273. The van der Waals surface area contributed by atoms with E-state index in [1.807, 2.05) is 19.2 Å². The van der Waals surface area contributed by atoms with Crippen molar-refractivity contribution >= 4 is 22.8 Å².